The third-order valence-electron chi connectivity index (χ3n) is 10.3. The normalized spacial score (nSPS) is 17.9. The quantitative estimate of drug-likeness (QED) is 0.0343. The summed E-state index contributed by atoms with van der Waals surface area (Å²) in [6.07, 6.45) is 14.7. The van der Waals surface area contributed by atoms with Crippen LogP contribution in [-0.2, 0) is 47.5 Å². The van der Waals surface area contributed by atoms with Crippen molar-refractivity contribution in [1.82, 2.24) is 16.0 Å². The molecule has 382 valence electrons. The van der Waals surface area contributed by atoms with Gasteiger partial charge in [-0.2, -0.15) is 0 Å². The topological polar surface area (TPSA) is 242 Å². The molecule has 1 heterocycles. The van der Waals surface area contributed by atoms with Crippen LogP contribution in [0.3, 0.4) is 0 Å². The number of alkyl carbamates (subject to hydrolysis) is 1. The Hall–Kier alpha value is -3.11. The second kappa shape index (κ2) is 45.7. The number of rotatable bonds is 43. The molecule has 0 aromatic carbocycles. The molecule has 0 bridgehead atoms. The molecule has 0 aromatic heterocycles. The highest BCUT2D eigenvalue weighted by atomic mass is 16.7. The van der Waals surface area contributed by atoms with Crippen LogP contribution in [0.15, 0.2) is 0 Å². The van der Waals surface area contributed by atoms with Gasteiger partial charge in [-0.3, -0.25) is 9.59 Å². The van der Waals surface area contributed by atoms with E-state index in [9.17, 15) is 34.8 Å². The van der Waals surface area contributed by atoms with Gasteiger partial charge in [0.15, 0.2) is 6.29 Å². The summed E-state index contributed by atoms with van der Waals surface area (Å²) in [5.41, 5.74) is 0. The molecule has 0 radical (unpaired) electrons. The van der Waals surface area contributed by atoms with Gasteiger partial charge in [-0.25, -0.2) is 4.79 Å². The molecule has 18 heteroatoms. The third kappa shape index (κ3) is 36.9. The summed E-state index contributed by atoms with van der Waals surface area (Å²) in [6, 6.07) is 0. The zero-order valence-corrected chi connectivity index (χ0v) is 39.9. The van der Waals surface area contributed by atoms with Crippen LogP contribution in [0.2, 0.25) is 0 Å². The summed E-state index contributed by atoms with van der Waals surface area (Å²) in [5, 5.41) is 46.7. The average Bonchev–Trinajstić information content (AvgIpc) is 3.31. The largest absolute Gasteiger partial charge is 0.447 e. The first-order valence-electron chi connectivity index (χ1n) is 24.5. The Morgan fingerprint density at radius 2 is 0.985 bits per heavy atom. The standard InChI is InChI=1S/C48H85N3O15/c1-2-3-4-5-6-7-8-9-10-11-12-13-14-15-16-17-18-19-20-21-22-23-24-42(53)49-25-28-59-31-33-61-35-36-63-40-43(54)50-26-29-60-32-34-62-37-38-65-48(58)51-27-30-64-47-46(57)45(56)44(55)41(39-52)66-47/h41,44-47,52,55-57H,2-12,17-40H2,1H3,(H,49,53)(H,50,54)(H,51,58)/t41-,44-,45+,46+,47+/m1/s1. The maximum atomic E-state index is 12.1. The van der Waals surface area contributed by atoms with Gasteiger partial charge in [0, 0.05) is 38.9 Å². The smallest absolute Gasteiger partial charge is 0.407 e. The maximum Gasteiger partial charge on any atom is 0.407 e. The molecule has 0 aromatic rings. The molecule has 1 saturated heterocycles. The minimum Gasteiger partial charge on any atom is -0.447 e. The number of aliphatic hydroxyl groups is 4. The SMILES string of the molecule is CCCCCCCCCCCCC#CC#CCCCCCCCCC(=O)NCCOCCOCCOCC(=O)NCCOCCOCCOC(=O)NCCO[C@H]1O[C@H](CO)[C@@H](O)[C@H](O)[C@@H]1O. The van der Waals surface area contributed by atoms with Crippen molar-refractivity contribution in [2.24, 2.45) is 0 Å². The van der Waals surface area contributed by atoms with Gasteiger partial charge in [-0.1, -0.05) is 102 Å². The average molecular weight is 944 g/mol. The van der Waals surface area contributed by atoms with E-state index in [-0.39, 0.29) is 71.2 Å². The van der Waals surface area contributed by atoms with Crippen LogP contribution in [0.5, 0.6) is 0 Å². The first-order chi connectivity index (χ1) is 32.3. The van der Waals surface area contributed by atoms with Crippen molar-refractivity contribution in [3.63, 3.8) is 0 Å². The van der Waals surface area contributed by atoms with Gasteiger partial charge >= 0.3 is 6.09 Å². The van der Waals surface area contributed by atoms with Crippen LogP contribution in [-0.4, -0.2) is 175 Å². The summed E-state index contributed by atoms with van der Waals surface area (Å²) >= 11 is 0. The van der Waals surface area contributed by atoms with Gasteiger partial charge in [-0.15, -0.1) is 0 Å². The van der Waals surface area contributed by atoms with Gasteiger partial charge in [0.1, 0.15) is 37.6 Å². The van der Waals surface area contributed by atoms with Gasteiger partial charge in [-0.05, 0) is 31.1 Å². The minimum atomic E-state index is -1.55. The van der Waals surface area contributed by atoms with Crippen LogP contribution in [0.4, 0.5) is 4.79 Å². The Kier molecular flexibility index (Phi) is 42.1. The molecule has 1 aliphatic rings. The Morgan fingerprint density at radius 1 is 0.515 bits per heavy atom. The van der Waals surface area contributed by atoms with E-state index in [1.165, 1.54) is 70.6 Å². The number of carbonyl (C=O) groups is 3. The maximum absolute atomic E-state index is 12.1. The summed E-state index contributed by atoms with van der Waals surface area (Å²) in [5.74, 6) is 12.1. The van der Waals surface area contributed by atoms with E-state index < -0.39 is 43.4 Å². The molecule has 66 heavy (non-hydrogen) atoms. The fraction of sp³-hybridized carbons (Fsp3) is 0.854. The predicted molar refractivity (Wildman–Crippen MR) is 248 cm³/mol. The minimum absolute atomic E-state index is 0.00883. The van der Waals surface area contributed by atoms with Crippen LogP contribution in [0.1, 0.15) is 129 Å². The number of amides is 3. The highest BCUT2D eigenvalue weighted by Gasteiger charge is 2.43. The van der Waals surface area contributed by atoms with Crippen molar-refractivity contribution in [2.45, 2.75) is 160 Å². The van der Waals surface area contributed by atoms with Crippen molar-refractivity contribution in [2.75, 3.05) is 106 Å². The summed E-state index contributed by atoms with van der Waals surface area (Å²) in [4.78, 5) is 35.7. The summed E-state index contributed by atoms with van der Waals surface area (Å²) in [7, 11) is 0. The zero-order chi connectivity index (χ0) is 48.0. The molecular formula is C48H85N3O15. The third-order valence-corrected chi connectivity index (χ3v) is 10.3. The van der Waals surface area contributed by atoms with Crippen molar-refractivity contribution < 1.29 is 72.7 Å². The Morgan fingerprint density at radius 3 is 1.55 bits per heavy atom. The lowest BCUT2D eigenvalue weighted by molar-refractivity contribution is -0.300. The fourth-order valence-corrected chi connectivity index (χ4v) is 6.49. The Labute approximate surface area is 394 Å². The van der Waals surface area contributed by atoms with Crippen molar-refractivity contribution in [1.29, 1.82) is 0 Å². The number of hydrogen-bond acceptors (Lipinski definition) is 15. The summed E-state index contributed by atoms with van der Waals surface area (Å²) in [6.45, 7) is 4.96. The number of hydrogen-bond donors (Lipinski definition) is 7. The molecule has 1 aliphatic heterocycles. The molecule has 1 fully saturated rings. The second-order valence-corrected chi connectivity index (χ2v) is 16.0. The molecule has 1 rings (SSSR count). The molecule has 0 aliphatic carbocycles. The summed E-state index contributed by atoms with van der Waals surface area (Å²) < 4.78 is 42.4. The van der Waals surface area contributed by atoms with Crippen LogP contribution < -0.4 is 16.0 Å². The number of ether oxygens (including phenoxy) is 8. The molecule has 5 atom stereocenters. The number of aliphatic hydroxyl groups excluding tert-OH is 4. The molecule has 0 unspecified atom stereocenters. The van der Waals surface area contributed by atoms with Gasteiger partial charge < -0.3 is 74.3 Å². The van der Waals surface area contributed by atoms with E-state index in [2.05, 4.69) is 46.6 Å². The van der Waals surface area contributed by atoms with Crippen LogP contribution in [0.25, 0.3) is 0 Å². The molecule has 0 spiro atoms. The van der Waals surface area contributed by atoms with E-state index in [1.807, 2.05) is 0 Å². The Bertz CT molecular complexity index is 1310. The van der Waals surface area contributed by atoms with Crippen molar-refractivity contribution >= 4 is 17.9 Å². The van der Waals surface area contributed by atoms with E-state index in [1.54, 1.807) is 0 Å². The van der Waals surface area contributed by atoms with Crippen molar-refractivity contribution in [3.05, 3.63) is 0 Å². The van der Waals surface area contributed by atoms with Crippen LogP contribution >= 0.6 is 0 Å². The molecule has 7 N–H and O–H groups in total. The highest BCUT2D eigenvalue weighted by Crippen LogP contribution is 2.21. The monoisotopic (exact) mass is 944 g/mol. The first kappa shape index (κ1) is 60.9. The van der Waals surface area contributed by atoms with E-state index >= 15 is 0 Å². The van der Waals surface area contributed by atoms with Gasteiger partial charge in [0.2, 0.25) is 11.8 Å². The predicted octanol–water partition coefficient (Wildman–Crippen LogP) is 3.28. The molecule has 3 amide bonds. The zero-order valence-electron chi connectivity index (χ0n) is 39.9. The van der Waals surface area contributed by atoms with E-state index in [4.69, 9.17) is 37.9 Å². The lowest BCUT2D eigenvalue weighted by Crippen LogP contribution is -2.59. The number of carbonyl (C=O) groups excluding carboxylic acids is 3. The van der Waals surface area contributed by atoms with E-state index in [0.717, 1.165) is 44.9 Å². The van der Waals surface area contributed by atoms with Crippen molar-refractivity contribution in [3.8, 4) is 23.7 Å². The first-order valence-corrected chi connectivity index (χ1v) is 24.5. The fourth-order valence-electron chi connectivity index (χ4n) is 6.49. The molecule has 18 nitrogen and oxygen atoms in total. The van der Waals surface area contributed by atoms with Gasteiger partial charge in [0.25, 0.3) is 0 Å². The van der Waals surface area contributed by atoms with E-state index in [0.29, 0.717) is 45.9 Å². The number of nitrogens with one attached hydrogen (secondary N) is 3. The molecular weight excluding hydrogens is 859 g/mol. The second-order valence-electron chi connectivity index (χ2n) is 16.0. The number of unbranched alkanes of at least 4 members (excludes halogenated alkanes) is 16. The molecule has 0 saturated carbocycles. The van der Waals surface area contributed by atoms with Crippen LogP contribution in [0, 0.1) is 23.7 Å². The lowest BCUT2D eigenvalue weighted by Gasteiger charge is -2.39. The Balaban J connectivity index is 1.77. The highest BCUT2D eigenvalue weighted by molar-refractivity contribution is 5.77. The lowest BCUT2D eigenvalue weighted by atomic mass is 9.99. The van der Waals surface area contributed by atoms with Gasteiger partial charge in [0.05, 0.1) is 72.7 Å².